The highest BCUT2D eigenvalue weighted by Crippen LogP contribution is 2.40. The standard InChI is InChI=1S/C18H21FN2/c1-21(17-10-8-16(19)9-11-17)18(12-20)15-6-4-14(5-7-15)13-2-3-13/h4-11,13,18H,2-3,12,20H2,1H3. The van der Waals surface area contributed by atoms with Gasteiger partial charge in [-0.25, -0.2) is 4.39 Å². The third-order valence-corrected chi connectivity index (χ3v) is 4.29. The summed E-state index contributed by atoms with van der Waals surface area (Å²) in [5, 5.41) is 0. The summed E-state index contributed by atoms with van der Waals surface area (Å²) in [5.74, 6) is 0.551. The first kappa shape index (κ1) is 14.1. The zero-order chi connectivity index (χ0) is 14.8. The average molecular weight is 284 g/mol. The molecule has 3 heteroatoms. The fraction of sp³-hybridized carbons (Fsp3) is 0.333. The second-order valence-electron chi connectivity index (χ2n) is 5.78. The van der Waals surface area contributed by atoms with E-state index >= 15 is 0 Å². The highest BCUT2D eigenvalue weighted by Gasteiger charge is 2.24. The lowest BCUT2D eigenvalue weighted by Gasteiger charge is -2.29. The first-order chi connectivity index (χ1) is 10.2. The summed E-state index contributed by atoms with van der Waals surface area (Å²) >= 11 is 0. The number of nitrogens with two attached hydrogens (primary N) is 1. The Hall–Kier alpha value is -1.87. The van der Waals surface area contributed by atoms with Crippen LogP contribution in [0.2, 0.25) is 0 Å². The van der Waals surface area contributed by atoms with E-state index in [0.717, 1.165) is 11.6 Å². The van der Waals surface area contributed by atoms with Gasteiger partial charge < -0.3 is 10.6 Å². The molecule has 1 aliphatic rings. The largest absolute Gasteiger partial charge is 0.366 e. The quantitative estimate of drug-likeness (QED) is 0.904. The number of benzene rings is 2. The van der Waals surface area contributed by atoms with Crippen LogP contribution in [-0.4, -0.2) is 13.6 Å². The summed E-state index contributed by atoms with van der Waals surface area (Å²) in [5.41, 5.74) is 9.57. The van der Waals surface area contributed by atoms with Gasteiger partial charge in [-0.1, -0.05) is 24.3 Å². The smallest absolute Gasteiger partial charge is 0.123 e. The molecule has 2 N–H and O–H groups in total. The maximum Gasteiger partial charge on any atom is 0.123 e. The van der Waals surface area contributed by atoms with E-state index in [1.54, 1.807) is 12.1 Å². The van der Waals surface area contributed by atoms with Gasteiger partial charge in [0.25, 0.3) is 0 Å². The molecule has 2 nitrogen and oxygen atoms in total. The normalized spacial score (nSPS) is 15.8. The average Bonchev–Trinajstić information content (AvgIpc) is 3.34. The van der Waals surface area contributed by atoms with Gasteiger partial charge in [-0.05, 0) is 54.2 Å². The van der Waals surface area contributed by atoms with Crippen LogP contribution in [0.15, 0.2) is 48.5 Å². The fourth-order valence-corrected chi connectivity index (χ4v) is 2.78. The van der Waals surface area contributed by atoms with Crippen molar-refractivity contribution in [3.8, 4) is 0 Å². The van der Waals surface area contributed by atoms with Gasteiger partial charge in [0.15, 0.2) is 0 Å². The van der Waals surface area contributed by atoms with Crippen molar-refractivity contribution < 1.29 is 4.39 Å². The third kappa shape index (κ3) is 3.08. The van der Waals surface area contributed by atoms with Crippen LogP contribution in [0.1, 0.15) is 35.9 Å². The molecule has 0 spiro atoms. The first-order valence-electron chi connectivity index (χ1n) is 7.47. The molecular weight excluding hydrogens is 263 g/mol. The van der Waals surface area contributed by atoms with E-state index in [1.165, 1.54) is 36.1 Å². The van der Waals surface area contributed by atoms with Gasteiger partial charge in [0, 0.05) is 19.3 Å². The predicted molar refractivity (Wildman–Crippen MR) is 85.0 cm³/mol. The Kier molecular flexibility index (Phi) is 3.93. The Morgan fingerprint density at radius 2 is 1.71 bits per heavy atom. The van der Waals surface area contributed by atoms with Crippen molar-refractivity contribution in [3.63, 3.8) is 0 Å². The number of hydrogen-bond acceptors (Lipinski definition) is 2. The molecule has 1 unspecified atom stereocenters. The van der Waals surface area contributed by atoms with E-state index in [9.17, 15) is 4.39 Å². The van der Waals surface area contributed by atoms with Gasteiger partial charge in [0.05, 0.1) is 6.04 Å². The Morgan fingerprint density at radius 3 is 2.24 bits per heavy atom. The molecule has 0 saturated heterocycles. The zero-order valence-electron chi connectivity index (χ0n) is 12.3. The summed E-state index contributed by atoms with van der Waals surface area (Å²) in [4.78, 5) is 2.10. The van der Waals surface area contributed by atoms with E-state index in [-0.39, 0.29) is 11.9 Å². The lowest BCUT2D eigenvalue weighted by Crippen LogP contribution is -2.30. The minimum atomic E-state index is -0.217. The molecule has 2 aromatic rings. The van der Waals surface area contributed by atoms with Crippen LogP contribution in [0.4, 0.5) is 10.1 Å². The second kappa shape index (κ2) is 5.86. The SMILES string of the molecule is CN(c1ccc(F)cc1)C(CN)c1ccc(C2CC2)cc1. The second-order valence-corrected chi connectivity index (χ2v) is 5.78. The molecular formula is C18H21FN2. The molecule has 0 aliphatic heterocycles. The third-order valence-electron chi connectivity index (χ3n) is 4.29. The molecule has 1 fully saturated rings. The van der Waals surface area contributed by atoms with Crippen LogP contribution in [0.5, 0.6) is 0 Å². The Bertz CT molecular complexity index is 588. The summed E-state index contributed by atoms with van der Waals surface area (Å²) in [6.45, 7) is 0.524. The lowest BCUT2D eigenvalue weighted by atomic mass is 10.0. The molecule has 0 aromatic heterocycles. The van der Waals surface area contributed by atoms with Crippen molar-refractivity contribution in [3.05, 3.63) is 65.5 Å². The summed E-state index contributed by atoms with van der Waals surface area (Å²) < 4.78 is 13.0. The molecule has 3 rings (SSSR count). The summed E-state index contributed by atoms with van der Waals surface area (Å²) in [6.07, 6.45) is 2.63. The number of anilines is 1. The van der Waals surface area contributed by atoms with E-state index in [0.29, 0.717) is 6.54 Å². The highest BCUT2D eigenvalue weighted by molar-refractivity contribution is 5.48. The predicted octanol–water partition coefficient (Wildman–Crippen LogP) is 3.84. The Labute approximate surface area is 125 Å². The lowest BCUT2D eigenvalue weighted by molar-refractivity contribution is 0.626. The van der Waals surface area contributed by atoms with Gasteiger partial charge in [0.1, 0.15) is 5.82 Å². The molecule has 1 aliphatic carbocycles. The van der Waals surface area contributed by atoms with Crippen molar-refractivity contribution >= 4 is 5.69 Å². The number of likely N-dealkylation sites (N-methyl/N-ethyl adjacent to an activating group) is 1. The minimum absolute atomic E-state index is 0.101. The summed E-state index contributed by atoms with van der Waals surface area (Å²) in [7, 11) is 2.00. The topological polar surface area (TPSA) is 29.3 Å². The van der Waals surface area contributed by atoms with Crippen molar-refractivity contribution in [2.24, 2.45) is 5.73 Å². The molecule has 0 heterocycles. The number of hydrogen-bond donors (Lipinski definition) is 1. The van der Waals surface area contributed by atoms with Crippen LogP contribution in [0.25, 0.3) is 0 Å². The van der Waals surface area contributed by atoms with Crippen LogP contribution in [0.3, 0.4) is 0 Å². The molecule has 110 valence electrons. The number of nitrogens with zero attached hydrogens (tertiary/aromatic N) is 1. The highest BCUT2D eigenvalue weighted by atomic mass is 19.1. The van der Waals surface area contributed by atoms with Gasteiger partial charge in [-0.3, -0.25) is 0 Å². The Morgan fingerprint density at radius 1 is 1.10 bits per heavy atom. The van der Waals surface area contributed by atoms with Gasteiger partial charge in [-0.15, -0.1) is 0 Å². The van der Waals surface area contributed by atoms with Gasteiger partial charge >= 0.3 is 0 Å². The minimum Gasteiger partial charge on any atom is -0.366 e. The van der Waals surface area contributed by atoms with E-state index in [4.69, 9.17) is 5.73 Å². The zero-order valence-corrected chi connectivity index (χ0v) is 12.3. The van der Waals surface area contributed by atoms with E-state index in [2.05, 4.69) is 29.2 Å². The molecule has 0 bridgehead atoms. The maximum atomic E-state index is 13.0. The number of rotatable bonds is 5. The maximum absolute atomic E-state index is 13.0. The number of halogens is 1. The van der Waals surface area contributed by atoms with Crippen LogP contribution in [-0.2, 0) is 0 Å². The van der Waals surface area contributed by atoms with Crippen LogP contribution < -0.4 is 10.6 Å². The molecule has 0 radical (unpaired) electrons. The monoisotopic (exact) mass is 284 g/mol. The van der Waals surface area contributed by atoms with E-state index in [1.807, 2.05) is 7.05 Å². The van der Waals surface area contributed by atoms with Gasteiger partial charge in [0.2, 0.25) is 0 Å². The van der Waals surface area contributed by atoms with Crippen molar-refractivity contribution in [1.29, 1.82) is 0 Å². The van der Waals surface area contributed by atoms with Crippen molar-refractivity contribution in [2.75, 3.05) is 18.5 Å². The molecule has 1 atom stereocenters. The Balaban J connectivity index is 1.81. The van der Waals surface area contributed by atoms with Crippen LogP contribution in [0, 0.1) is 5.82 Å². The fourth-order valence-electron chi connectivity index (χ4n) is 2.78. The molecule has 0 amide bonds. The van der Waals surface area contributed by atoms with Crippen molar-refractivity contribution in [1.82, 2.24) is 0 Å². The summed E-state index contributed by atoms with van der Waals surface area (Å²) in [6, 6.07) is 15.4. The van der Waals surface area contributed by atoms with Gasteiger partial charge in [-0.2, -0.15) is 0 Å². The molecule has 2 aromatic carbocycles. The van der Waals surface area contributed by atoms with E-state index < -0.39 is 0 Å². The van der Waals surface area contributed by atoms with Crippen LogP contribution >= 0.6 is 0 Å². The molecule has 21 heavy (non-hydrogen) atoms. The van der Waals surface area contributed by atoms with Crippen molar-refractivity contribution in [2.45, 2.75) is 24.8 Å². The molecule has 1 saturated carbocycles. The first-order valence-corrected chi connectivity index (χ1v) is 7.47.